The Morgan fingerprint density at radius 2 is 1.86 bits per heavy atom. The van der Waals surface area contributed by atoms with E-state index in [0.29, 0.717) is 11.6 Å². The Labute approximate surface area is 204 Å². The number of para-hydroxylation sites is 1. The number of carbonyl (C=O) groups is 1. The SMILES string of the molecule is CC(C)(C)NC(=O)COc1cccc(-c2nc(Nc3ccc4c(c3)C=NC4)c3ccccc3n2)c1. The minimum atomic E-state index is -0.309. The molecule has 1 aromatic heterocycles. The van der Waals surface area contributed by atoms with E-state index in [0.717, 1.165) is 40.1 Å². The molecule has 0 spiro atoms. The largest absolute Gasteiger partial charge is 0.484 e. The summed E-state index contributed by atoms with van der Waals surface area (Å²) in [6.07, 6.45) is 1.90. The molecule has 3 aromatic carbocycles. The highest BCUT2D eigenvalue weighted by molar-refractivity contribution is 5.93. The van der Waals surface area contributed by atoms with Crippen LogP contribution in [0.25, 0.3) is 22.3 Å². The zero-order valence-corrected chi connectivity index (χ0v) is 20.0. The van der Waals surface area contributed by atoms with Gasteiger partial charge in [-0.15, -0.1) is 0 Å². The Hall–Kier alpha value is -4.26. The Morgan fingerprint density at radius 3 is 2.71 bits per heavy atom. The summed E-state index contributed by atoms with van der Waals surface area (Å²) < 4.78 is 5.74. The molecule has 0 unspecified atom stereocenters. The summed E-state index contributed by atoms with van der Waals surface area (Å²) in [5.74, 6) is 1.70. The van der Waals surface area contributed by atoms with Crippen LogP contribution in [0.4, 0.5) is 11.5 Å². The lowest BCUT2D eigenvalue weighted by atomic mass is 10.1. The Morgan fingerprint density at radius 1 is 1.00 bits per heavy atom. The van der Waals surface area contributed by atoms with Crippen molar-refractivity contribution in [3.05, 3.63) is 77.9 Å². The van der Waals surface area contributed by atoms with E-state index in [4.69, 9.17) is 14.7 Å². The molecule has 35 heavy (non-hydrogen) atoms. The van der Waals surface area contributed by atoms with Gasteiger partial charge < -0.3 is 15.4 Å². The summed E-state index contributed by atoms with van der Waals surface area (Å²) in [5.41, 5.74) is 4.60. The van der Waals surface area contributed by atoms with Gasteiger partial charge in [-0.1, -0.05) is 30.3 Å². The standard InChI is InChI=1S/C28H27N5O2/c1-28(2,3)33-25(34)17-35-22-8-6-7-18(14-22)26-31-24-10-5-4-9-23(24)27(32-26)30-21-12-11-19-15-29-16-20(19)13-21/h4-14,16H,15,17H2,1-3H3,(H,33,34)(H,30,31,32). The van der Waals surface area contributed by atoms with E-state index in [9.17, 15) is 4.79 Å². The number of fused-ring (bicyclic) bond motifs is 2. The van der Waals surface area contributed by atoms with Crippen molar-refractivity contribution in [3.8, 4) is 17.1 Å². The fraction of sp³-hybridized carbons (Fsp3) is 0.214. The minimum Gasteiger partial charge on any atom is -0.484 e. The second-order valence-electron chi connectivity index (χ2n) is 9.54. The lowest BCUT2D eigenvalue weighted by Gasteiger charge is -2.20. The first-order valence-electron chi connectivity index (χ1n) is 11.5. The Bertz CT molecular complexity index is 1440. The highest BCUT2D eigenvalue weighted by Gasteiger charge is 2.15. The zero-order chi connectivity index (χ0) is 24.4. The normalized spacial score (nSPS) is 12.4. The first-order valence-corrected chi connectivity index (χ1v) is 11.5. The van der Waals surface area contributed by atoms with Crippen molar-refractivity contribution in [1.29, 1.82) is 0 Å². The maximum Gasteiger partial charge on any atom is 0.258 e. The van der Waals surface area contributed by atoms with E-state index in [1.165, 1.54) is 5.56 Å². The summed E-state index contributed by atoms with van der Waals surface area (Å²) in [6.45, 7) is 6.47. The van der Waals surface area contributed by atoms with Crippen LogP contribution < -0.4 is 15.4 Å². The number of hydrogen-bond donors (Lipinski definition) is 2. The van der Waals surface area contributed by atoms with E-state index in [1.807, 2.05) is 81.6 Å². The van der Waals surface area contributed by atoms with Gasteiger partial charge in [-0.25, -0.2) is 9.97 Å². The number of rotatable bonds is 6. The molecule has 0 fully saturated rings. The van der Waals surface area contributed by atoms with Crippen molar-refractivity contribution in [2.45, 2.75) is 32.9 Å². The molecule has 0 saturated carbocycles. The first kappa shape index (κ1) is 22.5. The third-order valence-corrected chi connectivity index (χ3v) is 5.48. The van der Waals surface area contributed by atoms with Crippen molar-refractivity contribution < 1.29 is 9.53 Å². The van der Waals surface area contributed by atoms with Crippen LogP contribution in [0.5, 0.6) is 5.75 Å². The number of benzene rings is 3. The van der Waals surface area contributed by atoms with Crippen LogP contribution in [-0.2, 0) is 11.3 Å². The molecule has 0 radical (unpaired) electrons. The summed E-state index contributed by atoms with van der Waals surface area (Å²) >= 11 is 0. The van der Waals surface area contributed by atoms with Crippen molar-refractivity contribution in [3.63, 3.8) is 0 Å². The molecule has 2 heterocycles. The molecule has 1 aliphatic heterocycles. The van der Waals surface area contributed by atoms with Crippen LogP contribution in [0.1, 0.15) is 31.9 Å². The predicted molar refractivity (Wildman–Crippen MR) is 139 cm³/mol. The molecule has 1 aliphatic rings. The third-order valence-electron chi connectivity index (χ3n) is 5.48. The summed E-state index contributed by atoms with van der Waals surface area (Å²) in [7, 11) is 0. The smallest absolute Gasteiger partial charge is 0.258 e. The quantitative estimate of drug-likeness (QED) is 0.405. The summed E-state index contributed by atoms with van der Waals surface area (Å²) in [4.78, 5) is 26.1. The van der Waals surface area contributed by atoms with Gasteiger partial charge in [0.25, 0.3) is 5.91 Å². The van der Waals surface area contributed by atoms with Gasteiger partial charge in [-0.2, -0.15) is 0 Å². The lowest BCUT2D eigenvalue weighted by molar-refractivity contribution is -0.124. The van der Waals surface area contributed by atoms with Crippen LogP contribution in [0.3, 0.4) is 0 Å². The number of ether oxygens (including phenoxy) is 1. The Kier molecular flexibility index (Phi) is 5.91. The van der Waals surface area contributed by atoms with Gasteiger partial charge in [0.05, 0.1) is 12.1 Å². The fourth-order valence-corrected chi connectivity index (χ4v) is 3.95. The highest BCUT2D eigenvalue weighted by atomic mass is 16.5. The van der Waals surface area contributed by atoms with Crippen molar-refractivity contribution >= 4 is 34.5 Å². The number of amides is 1. The van der Waals surface area contributed by atoms with Gasteiger partial charge >= 0.3 is 0 Å². The average molecular weight is 466 g/mol. The van der Waals surface area contributed by atoms with E-state index in [2.05, 4.69) is 27.8 Å². The Balaban J connectivity index is 1.43. The van der Waals surface area contributed by atoms with Gasteiger partial charge in [0, 0.05) is 28.4 Å². The van der Waals surface area contributed by atoms with E-state index >= 15 is 0 Å². The molecule has 2 N–H and O–H groups in total. The number of carbonyl (C=O) groups excluding carboxylic acids is 1. The van der Waals surface area contributed by atoms with Gasteiger partial charge in [-0.05, 0) is 68.3 Å². The van der Waals surface area contributed by atoms with E-state index < -0.39 is 0 Å². The zero-order valence-electron chi connectivity index (χ0n) is 20.0. The molecular weight excluding hydrogens is 438 g/mol. The van der Waals surface area contributed by atoms with Gasteiger partial charge in [0.2, 0.25) is 0 Å². The molecular formula is C28H27N5O2. The van der Waals surface area contributed by atoms with Gasteiger partial charge in [0.1, 0.15) is 11.6 Å². The predicted octanol–water partition coefficient (Wildman–Crippen LogP) is 5.27. The van der Waals surface area contributed by atoms with Crippen LogP contribution in [0, 0.1) is 0 Å². The molecule has 0 bridgehead atoms. The van der Waals surface area contributed by atoms with E-state index in [1.54, 1.807) is 0 Å². The number of hydrogen-bond acceptors (Lipinski definition) is 6. The van der Waals surface area contributed by atoms with Gasteiger partial charge in [-0.3, -0.25) is 9.79 Å². The second-order valence-corrected chi connectivity index (χ2v) is 9.54. The van der Waals surface area contributed by atoms with Crippen LogP contribution >= 0.6 is 0 Å². The van der Waals surface area contributed by atoms with Crippen molar-refractivity contribution in [2.75, 3.05) is 11.9 Å². The topological polar surface area (TPSA) is 88.5 Å². The number of nitrogens with zero attached hydrogens (tertiary/aromatic N) is 3. The number of anilines is 2. The van der Waals surface area contributed by atoms with Crippen LogP contribution in [0.2, 0.25) is 0 Å². The molecule has 4 aromatic rings. The van der Waals surface area contributed by atoms with E-state index in [-0.39, 0.29) is 18.1 Å². The molecule has 0 saturated heterocycles. The monoisotopic (exact) mass is 465 g/mol. The van der Waals surface area contributed by atoms with Gasteiger partial charge in [0.15, 0.2) is 12.4 Å². The maximum absolute atomic E-state index is 12.1. The molecule has 7 heteroatoms. The van der Waals surface area contributed by atoms with Crippen LogP contribution in [0.15, 0.2) is 71.7 Å². The van der Waals surface area contributed by atoms with Crippen LogP contribution in [-0.4, -0.2) is 34.2 Å². The maximum atomic E-state index is 12.1. The number of aromatic nitrogens is 2. The molecule has 176 valence electrons. The number of nitrogens with one attached hydrogen (secondary N) is 2. The molecule has 0 aliphatic carbocycles. The second kappa shape index (κ2) is 9.18. The molecule has 1 amide bonds. The third kappa shape index (κ3) is 5.30. The first-order chi connectivity index (χ1) is 16.8. The lowest BCUT2D eigenvalue weighted by Crippen LogP contribution is -2.43. The highest BCUT2D eigenvalue weighted by Crippen LogP contribution is 2.30. The number of aliphatic imine (C=N–C) groups is 1. The molecule has 5 rings (SSSR count). The summed E-state index contributed by atoms with van der Waals surface area (Å²) in [5, 5.41) is 7.29. The van der Waals surface area contributed by atoms with Crippen molar-refractivity contribution in [1.82, 2.24) is 15.3 Å². The average Bonchev–Trinajstić information content (AvgIpc) is 3.30. The minimum absolute atomic E-state index is 0.0618. The van der Waals surface area contributed by atoms with Crippen molar-refractivity contribution in [2.24, 2.45) is 4.99 Å². The molecule has 7 nitrogen and oxygen atoms in total. The summed E-state index contributed by atoms with van der Waals surface area (Å²) in [6, 6.07) is 21.6. The molecule has 0 atom stereocenters. The fourth-order valence-electron chi connectivity index (χ4n) is 3.95.